The van der Waals surface area contributed by atoms with Crippen molar-refractivity contribution in [2.45, 2.75) is 12.5 Å². The second-order valence-electron chi connectivity index (χ2n) is 4.06. The van der Waals surface area contributed by atoms with Crippen LogP contribution in [-0.2, 0) is 15.9 Å². The van der Waals surface area contributed by atoms with E-state index in [1.165, 1.54) is 0 Å². The molecule has 0 saturated heterocycles. The predicted molar refractivity (Wildman–Crippen MR) is 64.8 cm³/mol. The fraction of sp³-hybridized carbons (Fsp3) is 0.364. The van der Waals surface area contributed by atoms with Crippen LogP contribution in [0.3, 0.4) is 0 Å². The van der Waals surface area contributed by atoms with Gasteiger partial charge in [0.25, 0.3) is 0 Å². The first-order valence-corrected chi connectivity index (χ1v) is 5.62. The van der Waals surface area contributed by atoms with Gasteiger partial charge in [-0.25, -0.2) is 0 Å². The minimum Gasteiger partial charge on any atom is -0.491 e. The van der Waals surface area contributed by atoms with Crippen LogP contribution < -0.4 is 15.9 Å². The maximum atomic E-state index is 10.8. The largest absolute Gasteiger partial charge is 0.495 e. The van der Waals surface area contributed by atoms with E-state index in [0.717, 1.165) is 0 Å². The second-order valence-corrected chi connectivity index (χ2v) is 4.06. The van der Waals surface area contributed by atoms with Crippen molar-refractivity contribution < 1.29 is 24.3 Å². The molecule has 1 aromatic rings. The molecule has 1 unspecified atom stereocenters. The van der Waals surface area contributed by atoms with Crippen LogP contribution >= 0.6 is 0 Å². The first-order valence-electron chi connectivity index (χ1n) is 5.62. The number of hydrogen-bond acceptors (Lipinski definition) is 5. The maximum Gasteiger partial charge on any atom is 0.495 e. The molecule has 0 aromatic heterocycles. The molecule has 1 aromatic carbocycles. The van der Waals surface area contributed by atoms with Crippen LogP contribution in [0.5, 0.6) is 5.75 Å². The Labute approximate surface area is 104 Å². The second kappa shape index (κ2) is 5.39. The van der Waals surface area contributed by atoms with Gasteiger partial charge in [-0.05, 0) is 5.56 Å². The Morgan fingerprint density at radius 1 is 1.50 bits per heavy atom. The Hall–Kier alpha value is -1.57. The molecule has 1 aliphatic heterocycles. The molecule has 96 valence electrons. The number of ether oxygens (including phenoxy) is 1. The van der Waals surface area contributed by atoms with E-state index in [4.69, 9.17) is 20.2 Å². The summed E-state index contributed by atoms with van der Waals surface area (Å²) in [6, 6.07) is 4.13. The van der Waals surface area contributed by atoms with E-state index < -0.39 is 19.1 Å². The normalized spacial score (nSPS) is 16.4. The van der Waals surface area contributed by atoms with Gasteiger partial charge in [-0.3, -0.25) is 4.79 Å². The lowest BCUT2D eigenvalue weighted by atomic mass is 9.77. The third-order valence-electron chi connectivity index (χ3n) is 2.76. The smallest absolute Gasteiger partial charge is 0.491 e. The summed E-state index contributed by atoms with van der Waals surface area (Å²) in [4.78, 5) is 10.8. The highest BCUT2D eigenvalue weighted by atomic mass is 16.6. The van der Waals surface area contributed by atoms with Crippen LogP contribution in [0.2, 0.25) is 0 Å². The van der Waals surface area contributed by atoms with Crippen LogP contribution in [0.15, 0.2) is 18.2 Å². The molecule has 1 heterocycles. The van der Waals surface area contributed by atoms with Crippen LogP contribution in [-0.4, -0.2) is 42.5 Å². The first-order chi connectivity index (χ1) is 8.59. The van der Waals surface area contributed by atoms with Crippen molar-refractivity contribution in [1.29, 1.82) is 0 Å². The zero-order valence-electron chi connectivity index (χ0n) is 9.70. The summed E-state index contributed by atoms with van der Waals surface area (Å²) in [6.45, 7) is 0.587. The summed E-state index contributed by atoms with van der Waals surface area (Å²) >= 11 is 0. The van der Waals surface area contributed by atoms with Crippen molar-refractivity contribution in [2.24, 2.45) is 5.73 Å². The zero-order valence-corrected chi connectivity index (χ0v) is 9.70. The SMILES string of the molecule is NC(Cc1cccc2c1OCCOB2O)C(=O)O. The molecule has 7 heteroatoms. The zero-order chi connectivity index (χ0) is 13.1. The van der Waals surface area contributed by atoms with Gasteiger partial charge in [0, 0.05) is 11.9 Å². The average Bonchev–Trinajstić information content (AvgIpc) is 2.53. The Morgan fingerprint density at radius 2 is 2.28 bits per heavy atom. The van der Waals surface area contributed by atoms with Crippen molar-refractivity contribution in [2.75, 3.05) is 13.2 Å². The Kier molecular flexibility index (Phi) is 3.85. The van der Waals surface area contributed by atoms with E-state index in [2.05, 4.69) is 0 Å². The topological polar surface area (TPSA) is 102 Å². The molecule has 0 bridgehead atoms. The minimum atomic E-state index is -1.07. The molecule has 0 amide bonds. The third kappa shape index (κ3) is 2.64. The third-order valence-corrected chi connectivity index (χ3v) is 2.76. The predicted octanol–water partition coefficient (Wildman–Crippen LogP) is -1.26. The lowest BCUT2D eigenvalue weighted by molar-refractivity contribution is -0.138. The monoisotopic (exact) mass is 251 g/mol. The van der Waals surface area contributed by atoms with E-state index in [9.17, 15) is 9.82 Å². The van der Waals surface area contributed by atoms with Crippen LogP contribution in [0, 0.1) is 0 Å². The molecular weight excluding hydrogens is 237 g/mol. The fourth-order valence-electron chi connectivity index (χ4n) is 1.85. The first kappa shape index (κ1) is 12.9. The van der Waals surface area contributed by atoms with Crippen LogP contribution in [0.25, 0.3) is 0 Å². The summed E-state index contributed by atoms with van der Waals surface area (Å²) in [5, 5.41) is 18.6. The highest BCUT2D eigenvalue weighted by Crippen LogP contribution is 2.20. The van der Waals surface area contributed by atoms with Crippen molar-refractivity contribution in [1.82, 2.24) is 0 Å². The fourth-order valence-corrected chi connectivity index (χ4v) is 1.85. The quantitative estimate of drug-likeness (QED) is 0.579. The number of carboxylic acids is 1. The van der Waals surface area contributed by atoms with Gasteiger partial charge in [-0.15, -0.1) is 0 Å². The number of fused-ring (bicyclic) bond motifs is 1. The van der Waals surface area contributed by atoms with E-state index in [1.807, 2.05) is 0 Å². The van der Waals surface area contributed by atoms with Gasteiger partial charge in [0.05, 0.1) is 6.61 Å². The number of carboxylic acid groups (broad SMARTS) is 1. The van der Waals surface area contributed by atoms with E-state index in [0.29, 0.717) is 23.4 Å². The number of nitrogens with two attached hydrogens (primary N) is 1. The minimum absolute atomic E-state index is 0.144. The summed E-state index contributed by atoms with van der Waals surface area (Å²) < 4.78 is 10.6. The molecule has 0 fully saturated rings. The number of carbonyl (C=O) groups is 1. The van der Waals surface area contributed by atoms with Gasteiger partial charge in [-0.1, -0.05) is 18.2 Å². The van der Waals surface area contributed by atoms with Gasteiger partial charge < -0.3 is 25.3 Å². The highest BCUT2D eigenvalue weighted by molar-refractivity contribution is 6.61. The summed E-state index contributed by atoms with van der Waals surface area (Å²) in [5.74, 6) is -0.600. The number of rotatable bonds is 3. The Morgan fingerprint density at radius 3 is 3.00 bits per heavy atom. The number of hydrogen-bond donors (Lipinski definition) is 3. The molecular formula is C11H14BNO5. The van der Waals surface area contributed by atoms with Crippen molar-refractivity contribution in [3.8, 4) is 5.75 Å². The van der Waals surface area contributed by atoms with Crippen LogP contribution in [0.4, 0.5) is 0 Å². The van der Waals surface area contributed by atoms with Gasteiger partial charge in [-0.2, -0.15) is 0 Å². The molecule has 0 spiro atoms. The molecule has 0 aliphatic carbocycles. The van der Waals surface area contributed by atoms with Crippen molar-refractivity contribution >= 4 is 18.6 Å². The molecule has 0 radical (unpaired) electrons. The van der Waals surface area contributed by atoms with Gasteiger partial charge in [0.15, 0.2) is 0 Å². The Bertz CT molecular complexity index is 453. The number of benzene rings is 1. The van der Waals surface area contributed by atoms with Crippen molar-refractivity contribution in [3.05, 3.63) is 23.8 Å². The molecule has 1 aliphatic rings. The molecule has 0 saturated carbocycles. The van der Waals surface area contributed by atoms with E-state index in [-0.39, 0.29) is 13.0 Å². The Balaban J connectivity index is 2.31. The van der Waals surface area contributed by atoms with Gasteiger partial charge >= 0.3 is 13.1 Å². The molecule has 2 rings (SSSR count). The average molecular weight is 251 g/mol. The number of aliphatic carboxylic acids is 1. The van der Waals surface area contributed by atoms with Gasteiger partial charge in [0.1, 0.15) is 18.4 Å². The molecule has 4 N–H and O–H groups in total. The maximum absolute atomic E-state index is 10.8. The summed E-state index contributed by atoms with van der Waals surface area (Å²) in [5.41, 5.74) is 6.67. The summed E-state index contributed by atoms with van der Waals surface area (Å²) in [6.07, 6.45) is 0.144. The van der Waals surface area contributed by atoms with E-state index >= 15 is 0 Å². The van der Waals surface area contributed by atoms with Crippen molar-refractivity contribution in [3.63, 3.8) is 0 Å². The molecule has 18 heavy (non-hydrogen) atoms. The standard InChI is InChI=1S/C11H14BNO5/c13-9(11(14)15)6-7-2-1-3-8-10(7)17-4-5-18-12(8)16/h1-3,9,16H,4-6,13H2,(H,14,15). The van der Waals surface area contributed by atoms with Gasteiger partial charge in [0.2, 0.25) is 0 Å². The lowest BCUT2D eigenvalue weighted by Crippen LogP contribution is -2.35. The number of para-hydroxylation sites is 1. The lowest BCUT2D eigenvalue weighted by Gasteiger charge is -2.14. The molecule has 6 nitrogen and oxygen atoms in total. The van der Waals surface area contributed by atoms with E-state index in [1.54, 1.807) is 18.2 Å². The van der Waals surface area contributed by atoms with Crippen LogP contribution in [0.1, 0.15) is 5.56 Å². The molecule has 1 atom stereocenters. The highest BCUT2D eigenvalue weighted by Gasteiger charge is 2.27. The summed E-state index contributed by atoms with van der Waals surface area (Å²) in [7, 11) is -1.05.